The molecule has 1 aromatic heterocycles. The summed E-state index contributed by atoms with van der Waals surface area (Å²) in [7, 11) is 0. The van der Waals surface area contributed by atoms with Crippen molar-refractivity contribution < 1.29 is 9.18 Å². The van der Waals surface area contributed by atoms with Gasteiger partial charge in [0.15, 0.2) is 0 Å². The summed E-state index contributed by atoms with van der Waals surface area (Å²) in [5.41, 5.74) is 3.29. The molecular formula is C23H25FN4O. The Hall–Kier alpha value is -2.94. The van der Waals surface area contributed by atoms with Gasteiger partial charge < -0.3 is 10.6 Å². The van der Waals surface area contributed by atoms with Gasteiger partial charge in [-0.3, -0.25) is 4.79 Å². The van der Waals surface area contributed by atoms with Crippen LogP contribution < -0.4 is 10.6 Å². The Labute approximate surface area is 170 Å². The van der Waals surface area contributed by atoms with E-state index in [9.17, 15) is 9.18 Å². The monoisotopic (exact) mass is 392 g/mol. The first-order chi connectivity index (χ1) is 14.1. The quantitative estimate of drug-likeness (QED) is 0.785. The molecule has 2 aromatic rings. The number of pyridine rings is 1. The molecule has 1 heterocycles. The molecule has 5 nitrogen and oxygen atoms in total. The second-order valence-corrected chi connectivity index (χ2v) is 8.16. The molecule has 0 saturated heterocycles. The molecule has 6 heteroatoms. The lowest BCUT2D eigenvalue weighted by Gasteiger charge is -2.31. The fraction of sp³-hybridized carbons (Fsp3) is 0.435. The highest BCUT2D eigenvalue weighted by Crippen LogP contribution is 2.36. The summed E-state index contributed by atoms with van der Waals surface area (Å²) in [6.07, 6.45) is 6.89. The van der Waals surface area contributed by atoms with Crippen LogP contribution in [-0.4, -0.2) is 24.0 Å². The average molecular weight is 392 g/mol. The number of aromatic nitrogens is 1. The molecule has 1 fully saturated rings. The molecule has 2 N–H and O–H groups in total. The van der Waals surface area contributed by atoms with Crippen molar-refractivity contribution >= 4 is 11.6 Å². The zero-order valence-corrected chi connectivity index (χ0v) is 16.3. The Bertz CT molecular complexity index is 913. The maximum Gasteiger partial charge on any atom is 0.227 e. The molecule has 29 heavy (non-hydrogen) atoms. The largest absolute Gasteiger partial charge is 0.384 e. The van der Waals surface area contributed by atoms with Gasteiger partial charge in [0, 0.05) is 13.1 Å². The van der Waals surface area contributed by atoms with Crippen LogP contribution in [0.2, 0.25) is 0 Å². The maximum atomic E-state index is 13.4. The molecule has 1 saturated carbocycles. The molecule has 0 aliphatic heterocycles. The van der Waals surface area contributed by atoms with Crippen LogP contribution in [0.1, 0.15) is 48.4 Å². The predicted molar refractivity (Wildman–Crippen MR) is 109 cm³/mol. The number of nitriles is 1. The van der Waals surface area contributed by atoms with E-state index in [1.54, 1.807) is 18.3 Å². The lowest BCUT2D eigenvalue weighted by Crippen LogP contribution is -2.38. The first kappa shape index (κ1) is 19.4. The van der Waals surface area contributed by atoms with E-state index in [-0.39, 0.29) is 17.6 Å². The minimum absolute atomic E-state index is 0.0280. The fourth-order valence-corrected chi connectivity index (χ4v) is 4.34. The number of rotatable bonds is 6. The molecule has 0 spiro atoms. The van der Waals surface area contributed by atoms with Crippen molar-refractivity contribution in [1.82, 2.24) is 10.3 Å². The van der Waals surface area contributed by atoms with E-state index in [4.69, 9.17) is 5.26 Å². The van der Waals surface area contributed by atoms with Gasteiger partial charge in [-0.15, -0.1) is 0 Å². The number of halogens is 1. The van der Waals surface area contributed by atoms with Gasteiger partial charge in [-0.25, -0.2) is 9.37 Å². The molecule has 150 valence electrons. The van der Waals surface area contributed by atoms with E-state index in [0.717, 1.165) is 49.0 Å². The number of carbonyl (C=O) groups is 1. The van der Waals surface area contributed by atoms with Gasteiger partial charge in [-0.1, -0.05) is 6.07 Å². The summed E-state index contributed by atoms with van der Waals surface area (Å²) in [5, 5.41) is 15.3. The zero-order chi connectivity index (χ0) is 20.2. The Morgan fingerprint density at radius 3 is 2.59 bits per heavy atom. The third-order valence-electron chi connectivity index (χ3n) is 6.23. The van der Waals surface area contributed by atoms with E-state index in [1.165, 1.54) is 12.1 Å². The van der Waals surface area contributed by atoms with Crippen molar-refractivity contribution in [3.63, 3.8) is 0 Å². The van der Waals surface area contributed by atoms with Crippen molar-refractivity contribution in [2.45, 2.75) is 38.0 Å². The molecule has 1 atom stereocenters. The van der Waals surface area contributed by atoms with Crippen LogP contribution in [0.5, 0.6) is 0 Å². The summed E-state index contributed by atoms with van der Waals surface area (Å²) >= 11 is 0. The summed E-state index contributed by atoms with van der Waals surface area (Å²) in [4.78, 5) is 16.5. The van der Waals surface area contributed by atoms with Crippen molar-refractivity contribution in [2.75, 3.05) is 18.4 Å². The first-order valence-electron chi connectivity index (χ1n) is 10.3. The van der Waals surface area contributed by atoms with Gasteiger partial charge in [0.05, 0.1) is 17.8 Å². The Morgan fingerprint density at radius 2 is 1.90 bits per heavy atom. The molecule has 2 aliphatic carbocycles. The maximum absolute atomic E-state index is 13.4. The van der Waals surface area contributed by atoms with Crippen molar-refractivity contribution in [3.05, 3.63) is 59.2 Å². The molecule has 0 bridgehead atoms. The van der Waals surface area contributed by atoms with E-state index in [1.807, 2.05) is 12.1 Å². The SMILES string of the molecule is N#Cc1ccc(NCC2CCC(CNC(=O)C3Cc4ccc(F)cc43)CC2)cn1. The number of amides is 1. The molecule has 0 radical (unpaired) electrons. The number of anilines is 1. The number of nitrogens with one attached hydrogen (secondary N) is 2. The summed E-state index contributed by atoms with van der Waals surface area (Å²) in [6.45, 7) is 1.61. The van der Waals surface area contributed by atoms with Crippen molar-refractivity contribution in [2.24, 2.45) is 11.8 Å². The molecule has 4 rings (SSSR count). The third-order valence-corrected chi connectivity index (χ3v) is 6.23. The Kier molecular flexibility index (Phi) is 5.75. The molecule has 2 aliphatic rings. The number of carbonyl (C=O) groups excluding carboxylic acids is 1. The fourth-order valence-electron chi connectivity index (χ4n) is 4.34. The van der Waals surface area contributed by atoms with Crippen molar-refractivity contribution in [3.8, 4) is 6.07 Å². The van der Waals surface area contributed by atoms with E-state index >= 15 is 0 Å². The molecule has 1 unspecified atom stereocenters. The van der Waals surface area contributed by atoms with Crippen LogP contribution in [0.3, 0.4) is 0 Å². The van der Waals surface area contributed by atoms with Gasteiger partial charge in [0.1, 0.15) is 17.6 Å². The zero-order valence-electron chi connectivity index (χ0n) is 16.3. The number of benzene rings is 1. The summed E-state index contributed by atoms with van der Waals surface area (Å²) in [6, 6.07) is 10.3. The topological polar surface area (TPSA) is 77.8 Å². The van der Waals surface area contributed by atoms with E-state index in [2.05, 4.69) is 15.6 Å². The van der Waals surface area contributed by atoms with Gasteiger partial charge in [-0.05, 0) is 79.3 Å². The number of nitrogens with zero attached hydrogens (tertiary/aromatic N) is 2. The van der Waals surface area contributed by atoms with Crippen molar-refractivity contribution in [1.29, 1.82) is 5.26 Å². The van der Waals surface area contributed by atoms with Gasteiger partial charge >= 0.3 is 0 Å². The molecule has 1 aromatic carbocycles. The third kappa shape index (κ3) is 4.56. The van der Waals surface area contributed by atoms with Crippen LogP contribution in [0.4, 0.5) is 10.1 Å². The highest BCUT2D eigenvalue weighted by molar-refractivity contribution is 5.86. The average Bonchev–Trinajstić information content (AvgIpc) is 2.74. The van der Waals surface area contributed by atoms with Gasteiger partial charge in [0.25, 0.3) is 0 Å². The van der Waals surface area contributed by atoms with E-state index in [0.29, 0.717) is 30.5 Å². The lowest BCUT2D eigenvalue weighted by molar-refractivity contribution is -0.123. The first-order valence-corrected chi connectivity index (χ1v) is 10.3. The molecule has 1 amide bonds. The highest BCUT2D eigenvalue weighted by Gasteiger charge is 2.33. The smallest absolute Gasteiger partial charge is 0.227 e. The van der Waals surface area contributed by atoms with Crippen LogP contribution in [0.15, 0.2) is 36.5 Å². The second kappa shape index (κ2) is 8.60. The van der Waals surface area contributed by atoms with Crippen LogP contribution in [0.25, 0.3) is 0 Å². The molecular weight excluding hydrogens is 367 g/mol. The Morgan fingerprint density at radius 1 is 1.14 bits per heavy atom. The standard InChI is InChI=1S/C23H25FN4O/c24-18-6-5-17-9-22(21(17)10-18)23(29)28-13-16-3-1-15(2-4-16)12-26-20-8-7-19(11-25)27-14-20/h5-8,10,14-16,22,26H,1-4,9,12-13H2,(H,28,29). The van der Waals surface area contributed by atoms with Crippen LogP contribution >= 0.6 is 0 Å². The second-order valence-electron chi connectivity index (χ2n) is 8.16. The summed E-state index contributed by atoms with van der Waals surface area (Å²) < 4.78 is 13.4. The van der Waals surface area contributed by atoms with Gasteiger partial charge in [-0.2, -0.15) is 5.26 Å². The van der Waals surface area contributed by atoms with Gasteiger partial charge in [0.2, 0.25) is 5.91 Å². The minimum Gasteiger partial charge on any atom is -0.384 e. The minimum atomic E-state index is -0.273. The Balaban J connectivity index is 1.16. The van der Waals surface area contributed by atoms with Crippen LogP contribution in [0, 0.1) is 29.0 Å². The van der Waals surface area contributed by atoms with E-state index < -0.39 is 0 Å². The number of hydrogen-bond acceptors (Lipinski definition) is 4. The number of hydrogen-bond donors (Lipinski definition) is 2. The lowest BCUT2D eigenvalue weighted by atomic mass is 9.76. The normalized spacial score (nSPS) is 22.7. The van der Waals surface area contributed by atoms with Crippen LogP contribution in [-0.2, 0) is 11.2 Å². The highest BCUT2D eigenvalue weighted by atomic mass is 19.1. The number of fused-ring (bicyclic) bond motifs is 1. The summed E-state index contributed by atoms with van der Waals surface area (Å²) in [5.74, 6) is 0.686. The predicted octanol–water partition coefficient (Wildman–Crippen LogP) is 3.77.